The Bertz CT molecular complexity index is 480. The van der Waals surface area contributed by atoms with Crippen molar-refractivity contribution in [2.75, 3.05) is 6.61 Å². The molecule has 0 saturated heterocycles. The molecule has 0 aromatic heterocycles. The molecule has 1 aliphatic rings. The second-order valence-corrected chi connectivity index (χ2v) is 5.56. The predicted molar refractivity (Wildman–Crippen MR) is 77.5 cm³/mol. The molecule has 1 aromatic rings. The molecule has 0 spiro atoms. The summed E-state index contributed by atoms with van der Waals surface area (Å²) in [6, 6.07) is 5.73. The maximum Gasteiger partial charge on any atom is 0.261 e. The van der Waals surface area contributed by atoms with Gasteiger partial charge in [0.15, 0.2) is 6.10 Å². The summed E-state index contributed by atoms with van der Waals surface area (Å²) in [5.41, 5.74) is 0. The first-order chi connectivity index (χ1) is 10.1. The Morgan fingerprint density at radius 2 is 2.24 bits per heavy atom. The van der Waals surface area contributed by atoms with Crippen molar-refractivity contribution in [2.45, 2.75) is 44.8 Å². The summed E-state index contributed by atoms with van der Waals surface area (Å²) in [5, 5.41) is 12.3. The summed E-state index contributed by atoms with van der Waals surface area (Å²) in [7, 11) is 0. The van der Waals surface area contributed by atoms with Crippen LogP contribution in [0.15, 0.2) is 24.3 Å². The Labute approximate surface area is 124 Å². The van der Waals surface area contributed by atoms with Gasteiger partial charge in [-0.1, -0.05) is 18.9 Å². The molecule has 2 rings (SSSR count). The second kappa shape index (κ2) is 7.41. The summed E-state index contributed by atoms with van der Waals surface area (Å²) >= 11 is 0. The van der Waals surface area contributed by atoms with Gasteiger partial charge in [-0.25, -0.2) is 4.39 Å². The highest BCUT2D eigenvalue weighted by molar-refractivity contribution is 5.81. The third-order valence-corrected chi connectivity index (χ3v) is 3.95. The molecule has 21 heavy (non-hydrogen) atoms. The van der Waals surface area contributed by atoms with Crippen LogP contribution in [0.5, 0.6) is 5.75 Å². The molecular formula is C16H22FNO3. The topological polar surface area (TPSA) is 58.6 Å². The number of halogens is 1. The van der Waals surface area contributed by atoms with Crippen LogP contribution in [0, 0.1) is 11.7 Å². The van der Waals surface area contributed by atoms with Crippen molar-refractivity contribution >= 4 is 5.91 Å². The Morgan fingerprint density at radius 3 is 2.95 bits per heavy atom. The molecule has 116 valence electrons. The average Bonchev–Trinajstić information content (AvgIpc) is 2.47. The number of aliphatic hydroxyl groups is 1. The van der Waals surface area contributed by atoms with Crippen molar-refractivity contribution in [3.63, 3.8) is 0 Å². The van der Waals surface area contributed by atoms with E-state index < -0.39 is 11.9 Å². The Kier molecular flexibility index (Phi) is 5.56. The normalized spacial score (nSPS) is 23.4. The third-order valence-electron chi connectivity index (χ3n) is 3.95. The number of hydrogen-bond acceptors (Lipinski definition) is 3. The number of carbonyl (C=O) groups is 1. The van der Waals surface area contributed by atoms with E-state index >= 15 is 0 Å². The lowest BCUT2D eigenvalue weighted by Gasteiger charge is -2.31. The molecule has 0 heterocycles. The largest absolute Gasteiger partial charge is 0.481 e. The van der Waals surface area contributed by atoms with E-state index in [9.17, 15) is 14.3 Å². The third kappa shape index (κ3) is 4.43. The number of aliphatic hydroxyl groups excluding tert-OH is 1. The van der Waals surface area contributed by atoms with Gasteiger partial charge in [0.2, 0.25) is 0 Å². The van der Waals surface area contributed by atoms with Crippen molar-refractivity contribution < 1.29 is 19.0 Å². The summed E-state index contributed by atoms with van der Waals surface area (Å²) in [4.78, 5) is 12.2. The summed E-state index contributed by atoms with van der Waals surface area (Å²) in [5.74, 6) is -0.179. The lowest BCUT2D eigenvalue weighted by molar-refractivity contribution is -0.128. The Balaban J connectivity index is 1.90. The van der Waals surface area contributed by atoms with Crippen LogP contribution in [0.4, 0.5) is 4.39 Å². The summed E-state index contributed by atoms with van der Waals surface area (Å²) < 4.78 is 18.5. The SMILES string of the molecule is CC(Oc1cccc(F)c1)C(=O)NC1CCCCC1CO. The fourth-order valence-corrected chi connectivity index (χ4v) is 2.71. The highest BCUT2D eigenvalue weighted by atomic mass is 19.1. The Morgan fingerprint density at radius 1 is 1.48 bits per heavy atom. The highest BCUT2D eigenvalue weighted by Crippen LogP contribution is 2.24. The molecule has 3 atom stereocenters. The first-order valence-corrected chi connectivity index (χ1v) is 7.43. The van der Waals surface area contributed by atoms with E-state index in [0.29, 0.717) is 5.75 Å². The maximum absolute atomic E-state index is 13.1. The molecule has 3 unspecified atom stereocenters. The van der Waals surface area contributed by atoms with Gasteiger partial charge in [-0.2, -0.15) is 0 Å². The fourth-order valence-electron chi connectivity index (χ4n) is 2.71. The van der Waals surface area contributed by atoms with E-state index in [2.05, 4.69) is 5.32 Å². The zero-order valence-electron chi connectivity index (χ0n) is 12.2. The van der Waals surface area contributed by atoms with Crippen LogP contribution in [0.3, 0.4) is 0 Å². The number of ether oxygens (including phenoxy) is 1. The molecule has 0 bridgehead atoms. The van der Waals surface area contributed by atoms with Crippen LogP contribution in [-0.4, -0.2) is 29.8 Å². The van der Waals surface area contributed by atoms with Gasteiger partial charge in [0, 0.05) is 24.6 Å². The number of benzene rings is 1. The van der Waals surface area contributed by atoms with Crippen molar-refractivity contribution in [3.8, 4) is 5.75 Å². The minimum Gasteiger partial charge on any atom is -0.481 e. The lowest BCUT2D eigenvalue weighted by Crippen LogP contribution is -2.47. The minimum absolute atomic E-state index is 0.00481. The molecular weight excluding hydrogens is 273 g/mol. The predicted octanol–water partition coefficient (Wildman–Crippen LogP) is 2.26. The molecule has 1 amide bonds. The molecule has 1 aromatic carbocycles. The van der Waals surface area contributed by atoms with E-state index in [-0.39, 0.29) is 24.5 Å². The standard InChI is InChI=1S/C16H22FNO3/c1-11(21-14-7-4-6-13(17)9-14)16(20)18-15-8-3-2-5-12(15)10-19/h4,6-7,9,11-12,15,19H,2-3,5,8,10H2,1H3,(H,18,20). The van der Waals surface area contributed by atoms with Gasteiger partial charge in [-0.05, 0) is 31.9 Å². The van der Waals surface area contributed by atoms with Gasteiger partial charge < -0.3 is 15.2 Å². The van der Waals surface area contributed by atoms with Crippen LogP contribution < -0.4 is 10.1 Å². The molecule has 0 aliphatic heterocycles. The van der Waals surface area contributed by atoms with Gasteiger partial charge >= 0.3 is 0 Å². The van der Waals surface area contributed by atoms with Crippen molar-refractivity contribution in [3.05, 3.63) is 30.1 Å². The van der Waals surface area contributed by atoms with E-state index in [1.165, 1.54) is 18.2 Å². The molecule has 5 heteroatoms. The Hall–Kier alpha value is -1.62. The van der Waals surface area contributed by atoms with E-state index in [1.54, 1.807) is 13.0 Å². The van der Waals surface area contributed by atoms with E-state index in [0.717, 1.165) is 25.7 Å². The van der Waals surface area contributed by atoms with Crippen molar-refractivity contribution in [2.24, 2.45) is 5.92 Å². The molecule has 0 radical (unpaired) electrons. The monoisotopic (exact) mass is 295 g/mol. The number of nitrogens with one attached hydrogen (secondary N) is 1. The van der Waals surface area contributed by atoms with Crippen LogP contribution in [-0.2, 0) is 4.79 Å². The molecule has 1 saturated carbocycles. The number of carbonyl (C=O) groups excluding carboxylic acids is 1. The van der Waals surface area contributed by atoms with E-state index in [1.807, 2.05) is 0 Å². The first kappa shape index (κ1) is 15.8. The van der Waals surface area contributed by atoms with Crippen molar-refractivity contribution in [1.82, 2.24) is 5.32 Å². The summed E-state index contributed by atoms with van der Waals surface area (Å²) in [6.07, 6.45) is 3.26. The minimum atomic E-state index is -0.701. The van der Waals surface area contributed by atoms with Crippen LogP contribution in [0.25, 0.3) is 0 Å². The number of rotatable bonds is 5. The maximum atomic E-state index is 13.1. The van der Waals surface area contributed by atoms with Gasteiger partial charge in [0.25, 0.3) is 5.91 Å². The lowest BCUT2D eigenvalue weighted by atomic mass is 9.85. The van der Waals surface area contributed by atoms with Gasteiger partial charge in [0.1, 0.15) is 11.6 Å². The van der Waals surface area contributed by atoms with Crippen LogP contribution >= 0.6 is 0 Å². The van der Waals surface area contributed by atoms with Gasteiger partial charge in [-0.15, -0.1) is 0 Å². The quantitative estimate of drug-likeness (QED) is 0.876. The highest BCUT2D eigenvalue weighted by Gasteiger charge is 2.27. The average molecular weight is 295 g/mol. The fraction of sp³-hybridized carbons (Fsp3) is 0.562. The number of amides is 1. The smallest absolute Gasteiger partial charge is 0.261 e. The second-order valence-electron chi connectivity index (χ2n) is 5.56. The van der Waals surface area contributed by atoms with Gasteiger partial charge in [-0.3, -0.25) is 4.79 Å². The molecule has 4 nitrogen and oxygen atoms in total. The molecule has 1 aliphatic carbocycles. The van der Waals surface area contributed by atoms with Crippen molar-refractivity contribution in [1.29, 1.82) is 0 Å². The zero-order valence-corrected chi connectivity index (χ0v) is 12.2. The molecule has 1 fully saturated rings. The summed E-state index contributed by atoms with van der Waals surface area (Å²) in [6.45, 7) is 1.72. The number of hydrogen-bond donors (Lipinski definition) is 2. The van der Waals surface area contributed by atoms with Gasteiger partial charge in [0.05, 0.1) is 0 Å². The van der Waals surface area contributed by atoms with Crippen LogP contribution in [0.2, 0.25) is 0 Å². The van der Waals surface area contributed by atoms with Crippen LogP contribution in [0.1, 0.15) is 32.6 Å². The zero-order chi connectivity index (χ0) is 15.2. The molecule has 2 N–H and O–H groups in total. The van der Waals surface area contributed by atoms with E-state index in [4.69, 9.17) is 4.74 Å². The first-order valence-electron chi connectivity index (χ1n) is 7.43.